The summed E-state index contributed by atoms with van der Waals surface area (Å²) in [5.74, 6) is -0.559. The molecular formula is C22H23F3N2O3S. The van der Waals surface area contributed by atoms with Crippen LogP contribution in [0.5, 0.6) is 0 Å². The molecule has 2 aromatic rings. The molecule has 0 aliphatic carbocycles. The molecule has 1 fully saturated rings. The standard InChI is InChI=1S/C22H23F3N2O3S/c23-22(24,25)20-8-6-18(7-9-20)16-26-21(28)19-10-13-27(14-11-19)31(29,30)15-12-17-4-2-1-3-5-17/h1-9,12,15,19H,10-11,13-14,16H2,(H,26,28). The third-order valence-electron chi connectivity index (χ3n) is 5.16. The molecule has 1 aliphatic rings. The monoisotopic (exact) mass is 452 g/mol. The lowest BCUT2D eigenvalue weighted by Gasteiger charge is -2.29. The highest BCUT2D eigenvalue weighted by Crippen LogP contribution is 2.29. The first kappa shape index (κ1) is 23.0. The van der Waals surface area contributed by atoms with Crippen LogP contribution < -0.4 is 5.32 Å². The summed E-state index contributed by atoms with van der Waals surface area (Å²) in [5, 5.41) is 3.90. The summed E-state index contributed by atoms with van der Waals surface area (Å²) in [4.78, 5) is 12.4. The van der Waals surface area contributed by atoms with Crippen LogP contribution in [0.3, 0.4) is 0 Å². The van der Waals surface area contributed by atoms with E-state index in [0.717, 1.165) is 17.7 Å². The molecule has 0 atom stereocenters. The van der Waals surface area contributed by atoms with E-state index in [1.165, 1.54) is 27.9 Å². The van der Waals surface area contributed by atoms with Gasteiger partial charge in [-0.25, -0.2) is 8.42 Å². The Hall–Kier alpha value is -2.65. The van der Waals surface area contributed by atoms with E-state index in [2.05, 4.69) is 5.32 Å². The van der Waals surface area contributed by atoms with Crippen LogP contribution in [0.25, 0.3) is 6.08 Å². The molecule has 31 heavy (non-hydrogen) atoms. The van der Waals surface area contributed by atoms with Crippen molar-refractivity contribution < 1.29 is 26.4 Å². The number of carbonyl (C=O) groups is 1. The van der Waals surface area contributed by atoms with Gasteiger partial charge in [-0.05, 0) is 42.2 Å². The maximum Gasteiger partial charge on any atom is 0.416 e. The average Bonchev–Trinajstić information content (AvgIpc) is 2.76. The number of nitrogens with one attached hydrogen (secondary N) is 1. The summed E-state index contributed by atoms with van der Waals surface area (Å²) >= 11 is 0. The number of benzene rings is 2. The van der Waals surface area contributed by atoms with Gasteiger partial charge in [0.2, 0.25) is 15.9 Å². The van der Waals surface area contributed by atoms with Crippen molar-refractivity contribution in [1.29, 1.82) is 0 Å². The molecule has 1 heterocycles. The molecule has 166 valence electrons. The zero-order valence-corrected chi connectivity index (χ0v) is 17.5. The quantitative estimate of drug-likeness (QED) is 0.720. The number of carbonyl (C=O) groups excluding carboxylic acids is 1. The van der Waals surface area contributed by atoms with Crippen molar-refractivity contribution in [2.45, 2.75) is 25.6 Å². The zero-order valence-electron chi connectivity index (χ0n) is 16.7. The molecule has 2 aromatic carbocycles. The molecule has 9 heteroatoms. The van der Waals surface area contributed by atoms with Gasteiger partial charge >= 0.3 is 6.18 Å². The second kappa shape index (κ2) is 9.65. The molecule has 5 nitrogen and oxygen atoms in total. The van der Waals surface area contributed by atoms with E-state index in [1.807, 2.05) is 18.2 Å². The van der Waals surface area contributed by atoms with Crippen LogP contribution >= 0.6 is 0 Å². The molecule has 0 radical (unpaired) electrons. The number of hydrogen-bond acceptors (Lipinski definition) is 3. The first-order valence-corrected chi connectivity index (χ1v) is 11.3. The predicted molar refractivity (Wildman–Crippen MR) is 112 cm³/mol. The normalized spacial score (nSPS) is 16.5. The van der Waals surface area contributed by atoms with Crippen molar-refractivity contribution >= 4 is 22.0 Å². The Morgan fingerprint density at radius 1 is 1.03 bits per heavy atom. The summed E-state index contributed by atoms with van der Waals surface area (Å²) in [7, 11) is -3.57. The van der Waals surface area contributed by atoms with Crippen molar-refractivity contribution in [2.24, 2.45) is 5.92 Å². The second-order valence-electron chi connectivity index (χ2n) is 7.34. The molecule has 0 bridgehead atoms. The highest BCUT2D eigenvalue weighted by atomic mass is 32.2. The number of nitrogens with zero attached hydrogens (tertiary/aromatic N) is 1. The van der Waals surface area contributed by atoms with E-state index in [9.17, 15) is 26.4 Å². The van der Waals surface area contributed by atoms with E-state index >= 15 is 0 Å². The maximum atomic E-state index is 12.6. The van der Waals surface area contributed by atoms with Gasteiger partial charge in [0.05, 0.1) is 5.56 Å². The minimum atomic E-state index is -4.40. The number of sulfonamides is 1. The first-order valence-electron chi connectivity index (χ1n) is 9.82. The van der Waals surface area contributed by atoms with E-state index in [0.29, 0.717) is 18.4 Å². The SMILES string of the molecule is O=C(NCc1ccc(C(F)(F)F)cc1)C1CCN(S(=O)(=O)C=Cc2ccccc2)CC1. The van der Waals surface area contributed by atoms with Crippen molar-refractivity contribution in [3.8, 4) is 0 Å². The van der Waals surface area contributed by atoms with E-state index in [4.69, 9.17) is 0 Å². The molecule has 1 aliphatic heterocycles. The number of alkyl halides is 3. The molecular weight excluding hydrogens is 429 g/mol. The van der Waals surface area contributed by atoms with Crippen LogP contribution in [0.1, 0.15) is 29.5 Å². The van der Waals surface area contributed by atoms with Crippen LogP contribution in [-0.4, -0.2) is 31.7 Å². The van der Waals surface area contributed by atoms with Gasteiger partial charge in [-0.15, -0.1) is 0 Å². The molecule has 0 spiro atoms. The fraction of sp³-hybridized carbons (Fsp3) is 0.318. The number of rotatable bonds is 6. The average molecular weight is 452 g/mol. The Balaban J connectivity index is 1.48. The lowest BCUT2D eigenvalue weighted by Crippen LogP contribution is -2.42. The van der Waals surface area contributed by atoms with E-state index in [-0.39, 0.29) is 31.5 Å². The number of hydrogen-bond donors (Lipinski definition) is 1. The van der Waals surface area contributed by atoms with Crippen molar-refractivity contribution in [3.63, 3.8) is 0 Å². The molecule has 1 amide bonds. The first-order chi connectivity index (χ1) is 14.6. The fourth-order valence-electron chi connectivity index (χ4n) is 3.33. The summed E-state index contributed by atoms with van der Waals surface area (Å²) in [6, 6.07) is 13.7. The largest absolute Gasteiger partial charge is 0.416 e. The molecule has 0 unspecified atom stereocenters. The number of piperidine rings is 1. The van der Waals surface area contributed by atoms with Gasteiger partial charge in [-0.3, -0.25) is 4.79 Å². The Labute approximate surface area is 179 Å². The third kappa shape index (κ3) is 6.41. The maximum absolute atomic E-state index is 12.6. The van der Waals surface area contributed by atoms with Gasteiger partial charge < -0.3 is 5.32 Å². The third-order valence-corrected chi connectivity index (χ3v) is 6.73. The van der Waals surface area contributed by atoms with Crippen LogP contribution in [0, 0.1) is 5.92 Å². The van der Waals surface area contributed by atoms with Crippen molar-refractivity contribution in [1.82, 2.24) is 9.62 Å². The van der Waals surface area contributed by atoms with Crippen LogP contribution in [0.15, 0.2) is 60.0 Å². The van der Waals surface area contributed by atoms with Gasteiger partial charge in [-0.1, -0.05) is 42.5 Å². The summed E-state index contributed by atoms with van der Waals surface area (Å²) < 4.78 is 64.2. The smallest absolute Gasteiger partial charge is 0.352 e. The van der Waals surface area contributed by atoms with Gasteiger partial charge in [0.15, 0.2) is 0 Å². The van der Waals surface area contributed by atoms with Gasteiger partial charge in [-0.2, -0.15) is 17.5 Å². The minimum Gasteiger partial charge on any atom is -0.352 e. The van der Waals surface area contributed by atoms with Gasteiger partial charge in [0, 0.05) is 31.0 Å². The highest BCUT2D eigenvalue weighted by molar-refractivity contribution is 7.92. The van der Waals surface area contributed by atoms with Crippen LogP contribution in [0.2, 0.25) is 0 Å². The number of amides is 1. The Bertz CT molecular complexity index is 1010. The minimum absolute atomic E-state index is 0.120. The molecule has 1 saturated heterocycles. The zero-order chi connectivity index (χ0) is 22.5. The van der Waals surface area contributed by atoms with Crippen molar-refractivity contribution in [2.75, 3.05) is 13.1 Å². The molecule has 0 saturated carbocycles. The summed E-state index contributed by atoms with van der Waals surface area (Å²) in [6.45, 7) is 0.592. The van der Waals surface area contributed by atoms with Gasteiger partial charge in [0.1, 0.15) is 0 Å². The molecule has 0 aromatic heterocycles. The second-order valence-corrected chi connectivity index (χ2v) is 9.16. The molecule has 3 rings (SSSR count). The summed E-state index contributed by atoms with van der Waals surface area (Å²) in [6.07, 6.45) is -2.08. The van der Waals surface area contributed by atoms with E-state index in [1.54, 1.807) is 12.1 Å². The lowest BCUT2D eigenvalue weighted by molar-refractivity contribution is -0.137. The summed E-state index contributed by atoms with van der Waals surface area (Å²) in [5.41, 5.74) is 0.605. The number of halogens is 3. The Morgan fingerprint density at radius 2 is 1.65 bits per heavy atom. The Kier molecular flexibility index (Phi) is 7.17. The topological polar surface area (TPSA) is 66.5 Å². The molecule has 1 N–H and O–H groups in total. The highest BCUT2D eigenvalue weighted by Gasteiger charge is 2.31. The van der Waals surface area contributed by atoms with Crippen LogP contribution in [0.4, 0.5) is 13.2 Å². The fourth-order valence-corrected chi connectivity index (χ4v) is 4.55. The predicted octanol–water partition coefficient (Wildman–Crippen LogP) is 4.03. The van der Waals surface area contributed by atoms with Crippen LogP contribution in [-0.2, 0) is 27.5 Å². The Morgan fingerprint density at radius 3 is 2.23 bits per heavy atom. The van der Waals surface area contributed by atoms with Crippen molar-refractivity contribution in [3.05, 3.63) is 76.7 Å². The van der Waals surface area contributed by atoms with Gasteiger partial charge in [0.25, 0.3) is 0 Å². The lowest BCUT2D eigenvalue weighted by atomic mass is 9.97. The van der Waals surface area contributed by atoms with E-state index < -0.39 is 21.8 Å².